The molecule has 0 saturated heterocycles. The molecule has 2 aromatic heterocycles. The fourth-order valence-electron chi connectivity index (χ4n) is 2.75. The molecule has 2 N–H and O–H groups in total. The molecule has 0 aliphatic rings. The maximum Gasteiger partial charge on any atom is 0.306 e. The van der Waals surface area contributed by atoms with E-state index in [1.54, 1.807) is 16.6 Å². The van der Waals surface area contributed by atoms with Crippen LogP contribution in [0.4, 0.5) is 10.3 Å². The molecule has 2 heterocycles. The lowest BCUT2D eigenvalue weighted by molar-refractivity contribution is -0.144. The Morgan fingerprint density at radius 3 is 2.78 bits per heavy atom. The summed E-state index contributed by atoms with van der Waals surface area (Å²) in [4.78, 5) is 20.4. The molecule has 0 spiro atoms. The molecule has 27 heavy (non-hydrogen) atoms. The number of fused-ring (bicyclic) bond motifs is 1. The highest BCUT2D eigenvalue weighted by Crippen LogP contribution is 2.17. The van der Waals surface area contributed by atoms with Crippen LogP contribution in [0.15, 0.2) is 24.3 Å². The van der Waals surface area contributed by atoms with Gasteiger partial charge in [-0.1, -0.05) is 12.1 Å². The molecule has 3 rings (SSSR count). The van der Waals surface area contributed by atoms with Gasteiger partial charge in [0.2, 0.25) is 5.95 Å². The number of halogens is 1. The van der Waals surface area contributed by atoms with Gasteiger partial charge in [-0.15, -0.1) is 5.10 Å². The molecule has 0 aliphatic heterocycles. The van der Waals surface area contributed by atoms with Gasteiger partial charge >= 0.3 is 5.97 Å². The quantitative estimate of drug-likeness (QED) is 0.499. The second-order valence-electron chi connectivity index (χ2n) is 5.94. The van der Waals surface area contributed by atoms with Crippen molar-refractivity contribution in [2.45, 2.75) is 26.7 Å². The summed E-state index contributed by atoms with van der Waals surface area (Å²) in [5.74, 6) is -0.114. The standard InChI is InChI=1S/C18H20FN5O3/c1-11-13(12(2)24-18(21-11)22-17(20)23-24)7-8-16(25)27-10-9-26-15-6-4-3-5-14(15)19/h3-6H,7-10H2,1-2H3,(H2,20,23). The van der Waals surface area contributed by atoms with Crippen molar-refractivity contribution in [1.82, 2.24) is 19.6 Å². The largest absolute Gasteiger partial charge is 0.487 e. The lowest BCUT2D eigenvalue weighted by Gasteiger charge is -2.11. The van der Waals surface area contributed by atoms with Crippen molar-refractivity contribution in [2.75, 3.05) is 18.9 Å². The van der Waals surface area contributed by atoms with Crippen molar-refractivity contribution >= 4 is 17.7 Å². The van der Waals surface area contributed by atoms with Crippen molar-refractivity contribution in [3.8, 4) is 5.75 Å². The van der Waals surface area contributed by atoms with Crippen molar-refractivity contribution in [3.05, 3.63) is 47.0 Å². The normalized spacial score (nSPS) is 10.9. The number of nitrogens with zero attached hydrogens (tertiary/aromatic N) is 4. The van der Waals surface area contributed by atoms with Gasteiger partial charge in [0, 0.05) is 17.8 Å². The molecule has 0 atom stereocenters. The van der Waals surface area contributed by atoms with Crippen LogP contribution in [0.5, 0.6) is 5.75 Å². The third kappa shape index (κ3) is 4.30. The number of carbonyl (C=O) groups is 1. The number of para-hydroxylation sites is 1. The average molecular weight is 373 g/mol. The molecule has 9 heteroatoms. The second-order valence-corrected chi connectivity index (χ2v) is 5.94. The zero-order valence-electron chi connectivity index (χ0n) is 15.1. The summed E-state index contributed by atoms with van der Waals surface area (Å²) in [6.07, 6.45) is 0.631. The van der Waals surface area contributed by atoms with E-state index in [2.05, 4.69) is 15.1 Å². The minimum absolute atomic E-state index is 0.0437. The lowest BCUT2D eigenvalue weighted by Crippen LogP contribution is -2.14. The van der Waals surface area contributed by atoms with Crippen LogP contribution in [0.1, 0.15) is 23.4 Å². The minimum Gasteiger partial charge on any atom is -0.487 e. The number of esters is 1. The Bertz CT molecular complexity index is 973. The van der Waals surface area contributed by atoms with Gasteiger partial charge in [0.15, 0.2) is 11.6 Å². The average Bonchev–Trinajstić information content (AvgIpc) is 3.00. The molecule has 1 aromatic carbocycles. The maximum atomic E-state index is 13.4. The third-order valence-corrected chi connectivity index (χ3v) is 4.09. The van der Waals surface area contributed by atoms with Crippen molar-refractivity contribution in [3.63, 3.8) is 0 Å². The first-order valence-corrected chi connectivity index (χ1v) is 8.47. The van der Waals surface area contributed by atoms with Crippen LogP contribution in [0.25, 0.3) is 5.78 Å². The van der Waals surface area contributed by atoms with Crippen molar-refractivity contribution in [2.24, 2.45) is 0 Å². The summed E-state index contributed by atoms with van der Waals surface area (Å²) in [7, 11) is 0. The lowest BCUT2D eigenvalue weighted by atomic mass is 10.1. The number of benzene rings is 1. The van der Waals surface area contributed by atoms with Gasteiger partial charge in [0.1, 0.15) is 13.2 Å². The number of hydrogen-bond donors (Lipinski definition) is 1. The molecule has 8 nitrogen and oxygen atoms in total. The number of rotatable bonds is 7. The molecule has 3 aromatic rings. The number of aryl methyl sites for hydroxylation is 2. The van der Waals surface area contributed by atoms with Crippen LogP contribution < -0.4 is 10.5 Å². The molecule has 0 aliphatic carbocycles. The molecule has 0 fully saturated rings. The summed E-state index contributed by atoms with van der Waals surface area (Å²) >= 11 is 0. The minimum atomic E-state index is -0.452. The maximum absolute atomic E-state index is 13.4. The van der Waals surface area contributed by atoms with Crippen LogP contribution in [-0.2, 0) is 16.0 Å². The predicted octanol–water partition coefficient (Wildman–Crippen LogP) is 2.02. The van der Waals surface area contributed by atoms with E-state index in [9.17, 15) is 9.18 Å². The number of nitrogens with two attached hydrogens (primary N) is 1. The van der Waals surface area contributed by atoms with E-state index in [0.29, 0.717) is 12.2 Å². The number of aromatic nitrogens is 4. The molecule has 0 saturated carbocycles. The van der Waals surface area contributed by atoms with E-state index >= 15 is 0 Å². The second kappa shape index (κ2) is 7.98. The Morgan fingerprint density at radius 2 is 2.00 bits per heavy atom. The van der Waals surface area contributed by atoms with Gasteiger partial charge < -0.3 is 15.2 Å². The van der Waals surface area contributed by atoms with Crippen LogP contribution in [0.2, 0.25) is 0 Å². The summed E-state index contributed by atoms with van der Waals surface area (Å²) in [5.41, 5.74) is 8.10. The summed E-state index contributed by atoms with van der Waals surface area (Å²) in [5, 5.41) is 4.10. The Kier molecular flexibility index (Phi) is 5.49. The first-order chi connectivity index (χ1) is 13.0. The fourth-order valence-corrected chi connectivity index (χ4v) is 2.75. The van der Waals surface area contributed by atoms with Gasteiger partial charge in [-0.3, -0.25) is 4.79 Å². The molecule has 0 amide bonds. The first kappa shape index (κ1) is 18.6. The van der Waals surface area contributed by atoms with E-state index in [-0.39, 0.29) is 37.3 Å². The van der Waals surface area contributed by atoms with Gasteiger partial charge in [-0.2, -0.15) is 9.50 Å². The van der Waals surface area contributed by atoms with Gasteiger partial charge in [0.25, 0.3) is 5.78 Å². The summed E-state index contributed by atoms with van der Waals surface area (Å²) in [6.45, 7) is 3.85. The van der Waals surface area contributed by atoms with E-state index < -0.39 is 5.82 Å². The van der Waals surface area contributed by atoms with E-state index in [1.165, 1.54) is 12.1 Å². The number of carbonyl (C=O) groups excluding carboxylic acids is 1. The molecule has 142 valence electrons. The van der Waals surface area contributed by atoms with E-state index in [4.69, 9.17) is 15.2 Å². The highest BCUT2D eigenvalue weighted by atomic mass is 19.1. The van der Waals surface area contributed by atoms with Crippen LogP contribution >= 0.6 is 0 Å². The SMILES string of the molecule is Cc1nc2nc(N)nn2c(C)c1CCC(=O)OCCOc1ccccc1F. The number of hydrogen-bond acceptors (Lipinski definition) is 7. The van der Waals surface area contributed by atoms with Crippen LogP contribution in [-0.4, -0.2) is 38.8 Å². The predicted molar refractivity (Wildman–Crippen MR) is 95.8 cm³/mol. The molecule has 0 radical (unpaired) electrons. The number of nitrogen functional groups attached to an aromatic ring is 1. The monoisotopic (exact) mass is 373 g/mol. The van der Waals surface area contributed by atoms with Crippen LogP contribution in [0, 0.1) is 19.7 Å². The summed E-state index contributed by atoms with van der Waals surface area (Å²) < 4.78 is 25.4. The zero-order chi connectivity index (χ0) is 19.4. The van der Waals surface area contributed by atoms with Crippen molar-refractivity contribution in [1.29, 1.82) is 0 Å². The Morgan fingerprint density at radius 1 is 1.22 bits per heavy atom. The molecule has 0 bridgehead atoms. The van der Waals surface area contributed by atoms with Crippen molar-refractivity contribution < 1.29 is 18.7 Å². The Balaban J connectivity index is 1.51. The van der Waals surface area contributed by atoms with Crippen LogP contribution in [0.3, 0.4) is 0 Å². The van der Waals surface area contributed by atoms with Gasteiger partial charge in [-0.05, 0) is 38.0 Å². The Hall–Kier alpha value is -3.23. The fraction of sp³-hybridized carbons (Fsp3) is 0.333. The zero-order valence-corrected chi connectivity index (χ0v) is 15.1. The highest BCUT2D eigenvalue weighted by molar-refractivity contribution is 5.69. The molecular formula is C18H20FN5O3. The third-order valence-electron chi connectivity index (χ3n) is 4.09. The smallest absolute Gasteiger partial charge is 0.306 e. The van der Waals surface area contributed by atoms with E-state index in [0.717, 1.165) is 17.0 Å². The van der Waals surface area contributed by atoms with Gasteiger partial charge in [0.05, 0.1) is 0 Å². The Labute approximate surface area is 155 Å². The topological polar surface area (TPSA) is 105 Å². The van der Waals surface area contributed by atoms with E-state index in [1.807, 2.05) is 13.8 Å². The summed E-state index contributed by atoms with van der Waals surface area (Å²) in [6, 6.07) is 6.07. The molecular weight excluding hydrogens is 353 g/mol. The number of anilines is 1. The van der Waals surface area contributed by atoms with Gasteiger partial charge in [-0.25, -0.2) is 9.37 Å². The highest BCUT2D eigenvalue weighted by Gasteiger charge is 2.14. The number of ether oxygens (including phenoxy) is 2. The molecule has 0 unspecified atom stereocenters. The first-order valence-electron chi connectivity index (χ1n) is 8.47.